The average Bonchev–Trinajstić information content (AvgIpc) is 2.86. The number of carbonyl (C=O) groups is 1. The van der Waals surface area contributed by atoms with Crippen LogP contribution >= 0.6 is 15.9 Å². The predicted molar refractivity (Wildman–Crippen MR) is 81.8 cm³/mol. The van der Waals surface area contributed by atoms with Crippen LogP contribution in [0.4, 0.5) is 0 Å². The summed E-state index contributed by atoms with van der Waals surface area (Å²) in [6.45, 7) is 0. The fourth-order valence-corrected chi connectivity index (χ4v) is 3.75. The zero-order chi connectivity index (χ0) is 15.0. The third kappa shape index (κ3) is 2.28. The molecule has 0 aliphatic carbocycles. The van der Waals surface area contributed by atoms with Gasteiger partial charge in [0.15, 0.2) is 11.9 Å². The summed E-state index contributed by atoms with van der Waals surface area (Å²) in [5.41, 5.74) is 0.502. The first-order valence-corrected chi connectivity index (χ1v) is 8.20. The second kappa shape index (κ2) is 5.09. The first-order valence-electron chi connectivity index (χ1n) is 5.96. The van der Waals surface area contributed by atoms with Gasteiger partial charge in [0, 0.05) is 27.8 Å². The molecule has 0 saturated carbocycles. The van der Waals surface area contributed by atoms with E-state index >= 15 is 0 Å². The molecule has 0 aliphatic rings. The molecule has 0 saturated heterocycles. The van der Waals surface area contributed by atoms with Gasteiger partial charge in [0.25, 0.3) is 10.0 Å². The van der Waals surface area contributed by atoms with Crippen molar-refractivity contribution < 1.29 is 13.2 Å². The Morgan fingerprint density at radius 2 is 1.90 bits per heavy atom. The summed E-state index contributed by atoms with van der Waals surface area (Å²) in [6, 6.07) is 9.69. The van der Waals surface area contributed by atoms with Gasteiger partial charge in [-0.3, -0.25) is 4.79 Å². The quantitative estimate of drug-likeness (QED) is 0.670. The van der Waals surface area contributed by atoms with Crippen LogP contribution in [-0.2, 0) is 10.0 Å². The number of fused-ring (bicyclic) bond motifs is 1. The smallest absolute Gasteiger partial charge is 0.269 e. The number of halogens is 1. The van der Waals surface area contributed by atoms with Crippen molar-refractivity contribution in [2.75, 3.05) is 0 Å². The van der Waals surface area contributed by atoms with Gasteiger partial charge in [0.2, 0.25) is 0 Å². The first kappa shape index (κ1) is 14.0. The number of pyridine rings is 1. The molecule has 2 heterocycles. The normalized spacial score (nSPS) is 11.7. The molecule has 0 unspecified atom stereocenters. The second-order valence-corrected chi connectivity index (χ2v) is 7.07. The van der Waals surface area contributed by atoms with Crippen LogP contribution < -0.4 is 0 Å². The Morgan fingerprint density at radius 1 is 1.19 bits per heavy atom. The zero-order valence-electron chi connectivity index (χ0n) is 10.6. The lowest BCUT2D eigenvalue weighted by molar-refractivity contribution is 0.112. The third-order valence-corrected chi connectivity index (χ3v) is 5.13. The van der Waals surface area contributed by atoms with Gasteiger partial charge in [-0.2, -0.15) is 0 Å². The molecule has 1 aromatic carbocycles. The van der Waals surface area contributed by atoms with Gasteiger partial charge in [-0.25, -0.2) is 17.4 Å². The highest BCUT2D eigenvalue weighted by molar-refractivity contribution is 9.10. The monoisotopic (exact) mass is 364 g/mol. The standard InChI is InChI=1S/C14H9BrN2O3S/c15-11-6-13-10(9-18)8-17(14(13)16-7-11)21(19,20)12-4-2-1-3-5-12/h1-9H. The van der Waals surface area contributed by atoms with E-state index in [0.29, 0.717) is 16.1 Å². The maximum atomic E-state index is 12.7. The average molecular weight is 365 g/mol. The van der Waals surface area contributed by atoms with E-state index in [1.165, 1.54) is 24.5 Å². The fourth-order valence-electron chi connectivity index (χ4n) is 2.06. The van der Waals surface area contributed by atoms with E-state index in [4.69, 9.17) is 0 Å². The highest BCUT2D eigenvalue weighted by atomic mass is 79.9. The number of hydrogen-bond acceptors (Lipinski definition) is 4. The van der Waals surface area contributed by atoms with Gasteiger partial charge < -0.3 is 0 Å². The van der Waals surface area contributed by atoms with Crippen molar-refractivity contribution in [2.24, 2.45) is 0 Å². The largest absolute Gasteiger partial charge is 0.298 e. The molecule has 0 aliphatic heterocycles. The molecule has 0 amide bonds. The molecule has 2 aromatic heterocycles. The number of hydrogen-bond donors (Lipinski definition) is 0. The molecular weight excluding hydrogens is 356 g/mol. The molecule has 3 rings (SSSR count). The molecule has 106 valence electrons. The Kier molecular flexibility index (Phi) is 3.38. The van der Waals surface area contributed by atoms with E-state index in [0.717, 1.165) is 3.97 Å². The molecule has 0 N–H and O–H groups in total. The molecule has 5 nitrogen and oxygen atoms in total. The zero-order valence-corrected chi connectivity index (χ0v) is 13.0. The Labute approximate surface area is 129 Å². The third-order valence-electron chi connectivity index (χ3n) is 3.04. The number of benzene rings is 1. The molecule has 7 heteroatoms. The summed E-state index contributed by atoms with van der Waals surface area (Å²) >= 11 is 3.26. The molecular formula is C14H9BrN2O3S. The van der Waals surface area contributed by atoms with Crippen LogP contribution in [0.1, 0.15) is 10.4 Å². The van der Waals surface area contributed by atoms with Gasteiger partial charge in [0.1, 0.15) is 0 Å². The van der Waals surface area contributed by atoms with E-state index in [2.05, 4.69) is 20.9 Å². The Morgan fingerprint density at radius 3 is 2.57 bits per heavy atom. The van der Waals surface area contributed by atoms with Gasteiger partial charge in [-0.05, 0) is 34.1 Å². The number of carbonyl (C=O) groups excluding carboxylic acids is 1. The topological polar surface area (TPSA) is 69.0 Å². The number of rotatable bonds is 3. The van der Waals surface area contributed by atoms with Crippen molar-refractivity contribution in [1.82, 2.24) is 8.96 Å². The van der Waals surface area contributed by atoms with Gasteiger partial charge in [0.05, 0.1) is 4.90 Å². The number of aromatic nitrogens is 2. The summed E-state index contributed by atoms with van der Waals surface area (Å²) in [5.74, 6) is 0. The molecule has 0 bridgehead atoms. The molecule has 0 atom stereocenters. The van der Waals surface area contributed by atoms with E-state index in [-0.39, 0.29) is 16.1 Å². The summed E-state index contributed by atoms with van der Waals surface area (Å²) < 4.78 is 27.0. The molecule has 3 aromatic rings. The Balaban J connectivity index is 2.33. The minimum atomic E-state index is -3.79. The van der Waals surface area contributed by atoms with Gasteiger partial charge in [-0.1, -0.05) is 18.2 Å². The molecule has 0 fully saturated rings. The fraction of sp³-hybridized carbons (Fsp3) is 0. The van der Waals surface area contributed by atoms with Crippen molar-refractivity contribution in [3.05, 3.63) is 58.8 Å². The van der Waals surface area contributed by atoms with Crippen molar-refractivity contribution in [1.29, 1.82) is 0 Å². The van der Waals surface area contributed by atoms with Gasteiger partial charge >= 0.3 is 0 Å². The van der Waals surface area contributed by atoms with Crippen molar-refractivity contribution in [3.63, 3.8) is 0 Å². The highest BCUT2D eigenvalue weighted by Gasteiger charge is 2.21. The van der Waals surface area contributed by atoms with Crippen LogP contribution in [0.25, 0.3) is 11.0 Å². The van der Waals surface area contributed by atoms with Crippen LogP contribution in [0.3, 0.4) is 0 Å². The molecule has 21 heavy (non-hydrogen) atoms. The first-order chi connectivity index (χ1) is 10.0. The Bertz CT molecular complexity index is 934. The van der Waals surface area contributed by atoms with Crippen LogP contribution in [0.2, 0.25) is 0 Å². The minimum Gasteiger partial charge on any atom is -0.298 e. The molecule has 0 spiro atoms. The van der Waals surface area contributed by atoms with Crippen molar-refractivity contribution in [2.45, 2.75) is 4.90 Å². The highest BCUT2D eigenvalue weighted by Crippen LogP contribution is 2.25. The summed E-state index contributed by atoms with van der Waals surface area (Å²) in [6.07, 6.45) is 3.40. The van der Waals surface area contributed by atoms with E-state index < -0.39 is 10.0 Å². The van der Waals surface area contributed by atoms with Gasteiger partial charge in [-0.15, -0.1) is 0 Å². The van der Waals surface area contributed by atoms with Crippen LogP contribution in [0.15, 0.2) is 58.2 Å². The van der Waals surface area contributed by atoms with Crippen LogP contribution in [-0.4, -0.2) is 23.7 Å². The lowest BCUT2D eigenvalue weighted by Gasteiger charge is -2.06. The van der Waals surface area contributed by atoms with Crippen LogP contribution in [0.5, 0.6) is 0 Å². The van der Waals surface area contributed by atoms with Crippen molar-refractivity contribution >= 4 is 43.3 Å². The number of aldehydes is 1. The lowest BCUT2D eigenvalue weighted by atomic mass is 10.2. The predicted octanol–water partition coefficient (Wildman–Crippen LogP) is 2.85. The lowest BCUT2D eigenvalue weighted by Crippen LogP contribution is -2.12. The second-order valence-electron chi connectivity index (χ2n) is 4.34. The summed E-state index contributed by atoms with van der Waals surface area (Å²) in [7, 11) is -3.79. The van der Waals surface area contributed by atoms with E-state index in [1.54, 1.807) is 24.3 Å². The summed E-state index contributed by atoms with van der Waals surface area (Å²) in [4.78, 5) is 15.4. The van der Waals surface area contributed by atoms with Crippen LogP contribution in [0, 0.1) is 0 Å². The summed E-state index contributed by atoms with van der Waals surface area (Å²) in [5, 5.41) is 0.485. The SMILES string of the molecule is O=Cc1cn(S(=O)(=O)c2ccccc2)c2ncc(Br)cc12. The Hall–Kier alpha value is -1.99. The van der Waals surface area contributed by atoms with Crippen molar-refractivity contribution in [3.8, 4) is 0 Å². The van der Waals surface area contributed by atoms with E-state index in [1.807, 2.05) is 0 Å². The number of nitrogens with zero attached hydrogens (tertiary/aromatic N) is 2. The van der Waals surface area contributed by atoms with E-state index in [9.17, 15) is 13.2 Å². The maximum absolute atomic E-state index is 12.7. The minimum absolute atomic E-state index is 0.143. The molecule has 0 radical (unpaired) electrons. The maximum Gasteiger partial charge on any atom is 0.269 e.